The fourth-order valence-electron chi connectivity index (χ4n) is 2.79. The van der Waals surface area contributed by atoms with Gasteiger partial charge in [-0.1, -0.05) is 11.6 Å². The van der Waals surface area contributed by atoms with Crippen molar-refractivity contribution in [3.8, 4) is 5.69 Å². The van der Waals surface area contributed by atoms with Crippen molar-refractivity contribution in [3.63, 3.8) is 0 Å². The average Bonchev–Trinajstić information content (AvgIpc) is 3.15. The number of halogens is 1. The number of fused-ring (bicyclic) bond motifs is 1. The Labute approximate surface area is 132 Å². The smallest absolute Gasteiger partial charge is 0.164 e. The third-order valence-electron chi connectivity index (χ3n) is 3.82. The van der Waals surface area contributed by atoms with Gasteiger partial charge in [0.15, 0.2) is 5.65 Å². The summed E-state index contributed by atoms with van der Waals surface area (Å²) in [5.41, 5.74) is 2.96. The van der Waals surface area contributed by atoms with Gasteiger partial charge in [-0.05, 0) is 48.6 Å². The molecule has 106 valence electrons. The van der Waals surface area contributed by atoms with Crippen LogP contribution in [0.2, 0.25) is 5.02 Å². The molecule has 0 radical (unpaired) electrons. The number of imidazole rings is 1. The van der Waals surface area contributed by atoms with Crippen molar-refractivity contribution >= 4 is 34.5 Å². The van der Waals surface area contributed by atoms with Crippen LogP contribution in [0, 0.1) is 0 Å². The predicted octanol–water partition coefficient (Wildman–Crippen LogP) is 4.29. The first-order valence-electron chi connectivity index (χ1n) is 7.00. The van der Waals surface area contributed by atoms with Gasteiger partial charge in [0.1, 0.15) is 11.3 Å². The van der Waals surface area contributed by atoms with Gasteiger partial charge in [0.05, 0.1) is 0 Å². The van der Waals surface area contributed by atoms with Gasteiger partial charge in [-0.3, -0.25) is 4.57 Å². The number of thioether (sulfide) groups is 1. The maximum absolute atomic E-state index is 6.01. The van der Waals surface area contributed by atoms with Crippen LogP contribution in [0.25, 0.3) is 16.9 Å². The quantitative estimate of drug-likeness (QED) is 0.706. The van der Waals surface area contributed by atoms with Gasteiger partial charge in [-0.25, -0.2) is 9.97 Å². The van der Waals surface area contributed by atoms with Crippen LogP contribution < -0.4 is 0 Å². The van der Waals surface area contributed by atoms with E-state index in [4.69, 9.17) is 16.6 Å². The van der Waals surface area contributed by atoms with E-state index in [1.807, 2.05) is 54.4 Å². The minimum absolute atomic E-state index is 0.500. The fourth-order valence-corrected chi connectivity index (χ4v) is 4.13. The van der Waals surface area contributed by atoms with E-state index in [1.165, 1.54) is 12.2 Å². The van der Waals surface area contributed by atoms with Gasteiger partial charge in [0, 0.05) is 28.6 Å². The summed E-state index contributed by atoms with van der Waals surface area (Å²) in [5.74, 6) is 3.97. The lowest BCUT2D eigenvalue weighted by molar-refractivity contribution is 0.705. The molecule has 1 saturated heterocycles. The molecule has 0 saturated carbocycles. The highest BCUT2D eigenvalue weighted by molar-refractivity contribution is 7.99. The van der Waals surface area contributed by atoms with E-state index in [-0.39, 0.29) is 0 Å². The van der Waals surface area contributed by atoms with Gasteiger partial charge < -0.3 is 0 Å². The van der Waals surface area contributed by atoms with Gasteiger partial charge in [-0.2, -0.15) is 11.8 Å². The van der Waals surface area contributed by atoms with Gasteiger partial charge in [0.25, 0.3) is 0 Å². The minimum Gasteiger partial charge on any atom is -0.280 e. The van der Waals surface area contributed by atoms with Crippen LogP contribution in [0.1, 0.15) is 18.2 Å². The van der Waals surface area contributed by atoms with E-state index in [2.05, 4.69) is 9.55 Å². The second-order valence-electron chi connectivity index (χ2n) is 5.19. The van der Waals surface area contributed by atoms with Crippen molar-refractivity contribution < 1.29 is 0 Å². The number of pyridine rings is 1. The lowest BCUT2D eigenvalue weighted by atomic mass is 10.1. The van der Waals surface area contributed by atoms with Crippen LogP contribution in [-0.4, -0.2) is 26.0 Å². The normalized spacial score (nSPS) is 18.4. The average molecular weight is 316 g/mol. The fraction of sp³-hybridized carbons (Fsp3) is 0.250. The van der Waals surface area contributed by atoms with Crippen LogP contribution in [0.15, 0.2) is 42.6 Å². The number of hydrogen-bond acceptors (Lipinski definition) is 3. The van der Waals surface area contributed by atoms with Crippen molar-refractivity contribution in [2.45, 2.75) is 12.3 Å². The molecule has 1 aliphatic heterocycles. The largest absolute Gasteiger partial charge is 0.280 e. The number of aromatic nitrogens is 3. The van der Waals surface area contributed by atoms with E-state index in [1.54, 1.807) is 0 Å². The van der Waals surface area contributed by atoms with Crippen LogP contribution >= 0.6 is 23.4 Å². The summed E-state index contributed by atoms with van der Waals surface area (Å²) in [4.78, 5) is 9.38. The maximum Gasteiger partial charge on any atom is 0.164 e. The monoisotopic (exact) mass is 315 g/mol. The first-order valence-corrected chi connectivity index (χ1v) is 8.53. The maximum atomic E-state index is 6.01. The standard InChI is InChI=1S/C16H14ClN3S/c17-12-3-5-13(6-4-12)20-15(11-7-9-21-10-11)19-14-2-1-8-18-16(14)20/h1-6,8,11H,7,9-10H2. The van der Waals surface area contributed by atoms with Crippen LogP contribution in [0.5, 0.6) is 0 Å². The van der Waals surface area contributed by atoms with E-state index < -0.39 is 0 Å². The Morgan fingerprint density at radius 2 is 2.05 bits per heavy atom. The minimum atomic E-state index is 0.500. The van der Waals surface area contributed by atoms with Crippen LogP contribution in [0.3, 0.4) is 0 Å². The topological polar surface area (TPSA) is 30.7 Å². The highest BCUT2D eigenvalue weighted by Gasteiger charge is 2.25. The van der Waals surface area contributed by atoms with Gasteiger partial charge in [-0.15, -0.1) is 0 Å². The first kappa shape index (κ1) is 13.2. The van der Waals surface area contributed by atoms with Crippen molar-refractivity contribution in [2.75, 3.05) is 11.5 Å². The Kier molecular flexibility index (Phi) is 3.36. The molecular weight excluding hydrogens is 302 g/mol. The van der Waals surface area contributed by atoms with Crippen molar-refractivity contribution in [1.29, 1.82) is 0 Å². The second-order valence-corrected chi connectivity index (χ2v) is 6.77. The lowest BCUT2D eigenvalue weighted by Crippen LogP contribution is -2.07. The number of hydrogen-bond donors (Lipinski definition) is 0. The Morgan fingerprint density at radius 3 is 2.81 bits per heavy atom. The van der Waals surface area contributed by atoms with Crippen molar-refractivity contribution in [1.82, 2.24) is 14.5 Å². The molecule has 1 atom stereocenters. The molecule has 1 unspecified atom stereocenters. The van der Waals surface area contributed by atoms with Gasteiger partial charge >= 0.3 is 0 Å². The molecule has 0 bridgehead atoms. The zero-order chi connectivity index (χ0) is 14.2. The first-order chi connectivity index (χ1) is 10.3. The van der Waals surface area contributed by atoms with Crippen LogP contribution in [-0.2, 0) is 0 Å². The Morgan fingerprint density at radius 1 is 1.19 bits per heavy atom. The zero-order valence-corrected chi connectivity index (χ0v) is 12.9. The Hall–Kier alpha value is -1.52. The third kappa shape index (κ3) is 2.32. The van der Waals surface area contributed by atoms with E-state index in [0.29, 0.717) is 5.92 Å². The molecule has 0 N–H and O–H groups in total. The lowest BCUT2D eigenvalue weighted by Gasteiger charge is -2.12. The molecule has 21 heavy (non-hydrogen) atoms. The molecule has 3 nitrogen and oxygen atoms in total. The number of benzene rings is 1. The molecule has 1 aromatic carbocycles. The number of nitrogens with zero attached hydrogens (tertiary/aromatic N) is 3. The van der Waals surface area contributed by atoms with Crippen LogP contribution in [0.4, 0.5) is 0 Å². The molecule has 0 aliphatic carbocycles. The molecule has 0 amide bonds. The molecule has 2 aromatic heterocycles. The summed E-state index contributed by atoms with van der Waals surface area (Å²) in [6.45, 7) is 0. The Bertz CT molecular complexity index is 776. The Balaban J connectivity index is 1.95. The SMILES string of the molecule is Clc1ccc(-n2c(C3CCSC3)nc3cccnc32)cc1. The molecule has 0 spiro atoms. The van der Waals surface area contributed by atoms with Crippen molar-refractivity contribution in [2.24, 2.45) is 0 Å². The second kappa shape index (κ2) is 5.35. The van der Waals surface area contributed by atoms with E-state index in [9.17, 15) is 0 Å². The molecule has 3 heterocycles. The van der Waals surface area contributed by atoms with Gasteiger partial charge in [0.2, 0.25) is 0 Å². The predicted molar refractivity (Wildman–Crippen MR) is 88.6 cm³/mol. The molecule has 3 aromatic rings. The van der Waals surface area contributed by atoms with E-state index >= 15 is 0 Å². The van der Waals surface area contributed by atoms with Crippen molar-refractivity contribution in [3.05, 3.63) is 53.4 Å². The summed E-state index contributed by atoms with van der Waals surface area (Å²) in [7, 11) is 0. The third-order valence-corrected chi connectivity index (χ3v) is 5.24. The molecule has 5 heteroatoms. The summed E-state index contributed by atoms with van der Waals surface area (Å²) in [5, 5.41) is 0.745. The summed E-state index contributed by atoms with van der Waals surface area (Å²) in [6.07, 6.45) is 3.01. The summed E-state index contributed by atoms with van der Waals surface area (Å²) >= 11 is 8.01. The highest BCUT2D eigenvalue weighted by atomic mass is 35.5. The summed E-state index contributed by atoms with van der Waals surface area (Å²) in [6, 6.07) is 11.9. The molecule has 1 aliphatic rings. The van der Waals surface area contributed by atoms with E-state index in [0.717, 1.165) is 33.5 Å². The molecule has 4 rings (SSSR count). The molecular formula is C16H14ClN3S. The number of rotatable bonds is 2. The zero-order valence-electron chi connectivity index (χ0n) is 11.4. The highest BCUT2D eigenvalue weighted by Crippen LogP contribution is 2.34. The summed E-state index contributed by atoms with van der Waals surface area (Å²) < 4.78 is 2.18. The molecule has 1 fully saturated rings.